The molecule has 9 nitrogen and oxygen atoms in total. The standard InChI is InChI=1S/C19H24N6O3/c1-14(26)25-9-5-8-17(25)19(28)21-10-16(15-6-3-2-4-7-15)23-18(27)11-24-13-20-12-22-24/h2-4,6-7,12-13,16-17H,5,8-11H2,1H3,(H,21,28)(H,23,27). The minimum atomic E-state index is -0.445. The molecule has 1 saturated heterocycles. The summed E-state index contributed by atoms with van der Waals surface area (Å²) in [5.74, 6) is -0.530. The second kappa shape index (κ2) is 9.12. The third-order valence-corrected chi connectivity index (χ3v) is 4.75. The fraction of sp³-hybridized carbons (Fsp3) is 0.421. The third-order valence-electron chi connectivity index (χ3n) is 4.75. The van der Waals surface area contributed by atoms with E-state index in [4.69, 9.17) is 0 Å². The smallest absolute Gasteiger partial charge is 0.242 e. The van der Waals surface area contributed by atoms with Crippen molar-refractivity contribution in [3.8, 4) is 0 Å². The normalized spacial score (nSPS) is 17.2. The molecule has 2 aromatic rings. The fourth-order valence-corrected chi connectivity index (χ4v) is 3.38. The van der Waals surface area contributed by atoms with Gasteiger partial charge in [-0.2, -0.15) is 5.10 Å². The highest BCUT2D eigenvalue weighted by Crippen LogP contribution is 2.18. The van der Waals surface area contributed by atoms with Crippen molar-refractivity contribution in [1.82, 2.24) is 30.3 Å². The van der Waals surface area contributed by atoms with Crippen molar-refractivity contribution in [1.29, 1.82) is 0 Å². The van der Waals surface area contributed by atoms with Crippen LogP contribution in [-0.4, -0.2) is 56.5 Å². The first kappa shape index (κ1) is 19.5. The predicted molar refractivity (Wildman–Crippen MR) is 101 cm³/mol. The Bertz CT molecular complexity index is 808. The van der Waals surface area contributed by atoms with Crippen LogP contribution < -0.4 is 10.6 Å². The van der Waals surface area contributed by atoms with Gasteiger partial charge >= 0.3 is 0 Å². The lowest BCUT2D eigenvalue weighted by molar-refractivity contribution is -0.136. The summed E-state index contributed by atoms with van der Waals surface area (Å²) < 4.78 is 1.43. The van der Waals surface area contributed by atoms with Gasteiger partial charge in [-0.15, -0.1) is 0 Å². The summed E-state index contributed by atoms with van der Waals surface area (Å²) in [5.41, 5.74) is 0.879. The minimum Gasteiger partial charge on any atom is -0.352 e. The second-order valence-electron chi connectivity index (χ2n) is 6.74. The Morgan fingerprint density at radius 3 is 2.71 bits per heavy atom. The number of likely N-dealkylation sites (tertiary alicyclic amines) is 1. The number of hydrogen-bond donors (Lipinski definition) is 2. The van der Waals surface area contributed by atoms with Crippen LogP contribution in [0.4, 0.5) is 0 Å². The Morgan fingerprint density at radius 2 is 2.04 bits per heavy atom. The zero-order valence-electron chi connectivity index (χ0n) is 15.7. The summed E-state index contributed by atoms with van der Waals surface area (Å²) in [6.45, 7) is 2.35. The maximum atomic E-state index is 12.6. The highest BCUT2D eigenvalue weighted by molar-refractivity contribution is 5.87. The van der Waals surface area contributed by atoms with E-state index >= 15 is 0 Å². The van der Waals surface area contributed by atoms with Gasteiger partial charge in [0.2, 0.25) is 17.7 Å². The lowest BCUT2D eigenvalue weighted by atomic mass is 10.1. The van der Waals surface area contributed by atoms with E-state index < -0.39 is 12.1 Å². The van der Waals surface area contributed by atoms with Gasteiger partial charge in [0.15, 0.2) is 0 Å². The summed E-state index contributed by atoms with van der Waals surface area (Å²) in [4.78, 5) is 42.1. The van der Waals surface area contributed by atoms with Crippen molar-refractivity contribution in [2.24, 2.45) is 0 Å². The largest absolute Gasteiger partial charge is 0.352 e. The molecule has 148 valence electrons. The van der Waals surface area contributed by atoms with E-state index in [2.05, 4.69) is 20.7 Å². The van der Waals surface area contributed by atoms with E-state index in [0.717, 1.165) is 12.0 Å². The Balaban J connectivity index is 1.63. The fourth-order valence-electron chi connectivity index (χ4n) is 3.38. The summed E-state index contributed by atoms with van der Waals surface area (Å²) >= 11 is 0. The quantitative estimate of drug-likeness (QED) is 0.712. The highest BCUT2D eigenvalue weighted by Gasteiger charge is 2.32. The molecule has 1 aromatic carbocycles. The van der Waals surface area contributed by atoms with E-state index in [1.807, 2.05) is 30.3 Å². The van der Waals surface area contributed by atoms with E-state index in [0.29, 0.717) is 13.0 Å². The van der Waals surface area contributed by atoms with Crippen LogP contribution in [-0.2, 0) is 20.9 Å². The molecular formula is C19H24N6O3. The lowest BCUT2D eigenvalue weighted by Crippen LogP contribution is -2.47. The summed E-state index contributed by atoms with van der Waals surface area (Å²) in [6, 6.07) is 8.59. The molecule has 2 atom stereocenters. The molecule has 0 radical (unpaired) electrons. The van der Waals surface area contributed by atoms with Gasteiger partial charge in [0.05, 0.1) is 6.04 Å². The zero-order valence-corrected chi connectivity index (χ0v) is 15.7. The molecule has 0 spiro atoms. The SMILES string of the molecule is CC(=O)N1CCCC1C(=O)NCC(NC(=O)Cn1cncn1)c1ccccc1. The van der Waals surface area contributed by atoms with Crippen molar-refractivity contribution < 1.29 is 14.4 Å². The molecule has 1 aromatic heterocycles. The van der Waals surface area contributed by atoms with Gasteiger partial charge in [-0.05, 0) is 18.4 Å². The average molecular weight is 384 g/mol. The van der Waals surface area contributed by atoms with Gasteiger partial charge in [-0.1, -0.05) is 30.3 Å². The zero-order chi connectivity index (χ0) is 19.9. The van der Waals surface area contributed by atoms with Crippen molar-refractivity contribution in [2.75, 3.05) is 13.1 Å². The maximum absolute atomic E-state index is 12.6. The molecule has 3 rings (SSSR count). The van der Waals surface area contributed by atoms with Crippen molar-refractivity contribution >= 4 is 17.7 Å². The number of amides is 3. The molecule has 9 heteroatoms. The molecule has 0 bridgehead atoms. The predicted octanol–water partition coefficient (Wildman–Crippen LogP) is 0.263. The monoisotopic (exact) mass is 384 g/mol. The third kappa shape index (κ3) is 4.93. The number of benzene rings is 1. The first-order valence-electron chi connectivity index (χ1n) is 9.26. The summed E-state index contributed by atoms with van der Waals surface area (Å²) in [5, 5.41) is 9.74. The molecule has 3 amide bonds. The number of nitrogens with zero attached hydrogens (tertiary/aromatic N) is 4. The van der Waals surface area contributed by atoms with Gasteiger partial charge in [-0.25, -0.2) is 9.67 Å². The molecule has 28 heavy (non-hydrogen) atoms. The molecule has 2 unspecified atom stereocenters. The lowest BCUT2D eigenvalue weighted by Gasteiger charge is -2.25. The number of carbonyl (C=O) groups is 3. The van der Waals surface area contributed by atoms with Crippen molar-refractivity contribution in [3.63, 3.8) is 0 Å². The van der Waals surface area contributed by atoms with Crippen molar-refractivity contribution in [2.45, 2.75) is 38.4 Å². The number of rotatable bonds is 7. The number of hydrogen-bond acceptors (Lipinski definition) is 5. The Morgan fingerprint density at radius 1 is 1.25 bits per heavy atom. The molecule has 1 fully saturated rings. The first-order valence-corrected chi connectivity index (χ1v) is 9.26. The van der Waals surface area contributed by atoms with Crippen LogP contribution >= 0.6 is 0 Å². The van der Waals surface area contributed by atoms with Crippen LogP contribution in [0.1, 0.15) is 31.4 Å². The molecule has 0 saturated carbocycles. The van der Waals surface area contributed by atoms with Gasteiger partial charge in [0, 0.05) is 20.0 Å². The van der Waals surface area contributed by atoms with Crippen LogP contribution in [0.3, 0.4) is 0 Å². The van der Waals surface area contributed by atoms with E-state index in [9.17, 15) is 14.4 Å². The van der Waals surface area contributed by atoms with E-state index in [-0.39, 0.29) is 30.8 Å². The molecule has 2 heterocycles. The molecule has 0 aliphatic carbocycles. The molecule has 1 aliphatic rings. The molecular weight excluding hydrogens is 360 g/mol. The maximum Gasteiger partial charge on any atom is 0.242 e. The van der Waals surface area contributed by atoms with Gasteiger partial charge < -0.3 is 15.5 Å². The van der Waals surface area contributed by atoms with Gasteiger partial charge in [0.25, 0.3) is 0 Å². The van der Waals surface area contributed by atoms with Gasteiger partial charge in [-0.3, -0.25) is 14.4 Å². The number of aromatic nitrogens is 3. The Labute approximate surface area is 163 Å². The van der Waals surface area contributed by atoms with Crippen LogP contribution in [0, 0.1) is 0 Å². The first-order chi connectivity index (χ1) is 13.5. The highest BCUT2D eigenvalue weighted by atomic mass is 16.2. The van der Waals surface area contributed by atoms with Crippen LogP contribution in [0.2, 0.25) is 0 Å². The topological polar surface area (TPSA) is 109 Å². The Hall–Kier alpha value is -3.23. The van der Waals surface area contributed by atoms with Crippen LogP contribution in [0.25, 0.3) is 0 Å². The van der Waals surface area contributed by atoms with Gasteiger partial charge in [0.1, 0.15) is 25.2 Å². The van der Waals surface area contributed by atoms with E-state index in [1.165, 1.54) is 24.3 Å². The van der Waals surface area contributed by atoms with Crippen LogP contribution in [0.5, 0.6) is 0 Å². The molecule has 1 aliphatic heterocycles. The van der Waals surface area contributed by atoms with E-state index in [1.54, 1.807) is 4.90 Å². The second-order valence-corrected chi connectivity index (χ2v) is 6.74. The Kier molecular flexibility index (Phi) is 6.36. The summed E-state index contributed by atoms with van der Waals surface area (Å²) in [6.07, 6.45) is 4.30. The number of nitrogens with one attached hydrogen (secondary N) is 2. The minimum absolute atomic E-state index is 0.0397. The number of carbonyl (C=O) groups excluding carboxylic acids is 3. The molecule has 2 N–H and O–H groups in total. The van der Waals surface area contributed by atoms with Crippen LogP contribution in [0.15, 0.2) is 43.0 Å². The average Bonchev–Trinajstić information content (AvgIpc) is 3.37. The summed E-state index contributed by atoms with van der Waals surface area (Å²) in [7, 11) is 0. The van der Waals surface area contributed by atoms with Crippen molar-refractivity contribution in [3.05, 3.63) is 48.5 Å².